The molecule has 0 unspecified atom stereocenters. The Bertz CT molecular complexity index is 1180. The van der Waals surface area contributed by atoms with Crippen molar-refractivity contribution in [1.82, 2.24) is 5.01 Å². The van der Waals surface area contributed by atoms with Crippen LogP contribution in [0.5, 0.6) is 23.0 Å². The largest absolute Gasteiger partial charge is 0.497 e. The summed E-state index contributed by atoms with van der Waals surface area (Å²) in [5.74, 6) is 2.89. The molecule has 1 amide bonds. The van der Waals surface area contributed by atoms with E-state index in [0.717, 1.165) is 55.4 Å². The number of carbonyl (C=O) groups excluding carboxylic acids is 1. The van der Waals surface area contributed by atoms with Crippen LogP contribution in [0.2, 0.25) is 0 Å². The molecule has 7 nitrogen and oxygen atoms in total. The number of hydrazone groups is 1. The summed E-state index contributed by atoms with van der Waals surface area (Å²) in [5.41, 5.74) is 2.87. The van der Waals surface area contributed by atoms with Gasteiger partial charge in [-0.1, -0.05) is 37.8 Å². The van der Waals surface area contributed by atoms with Crippen LogP contribution < -0.4 is 18.9 Å². The van der Waals surface area contributed by atoms with Gasteiger partial charge in [0.2, 0.25) is 5.91 Å². The number of ether oxygens (including phenoxy) is 4. The Labute approximate surface area is 225 Å². The van der Waals surface area contributed by atoms with E-state index >= 15 is 0 Å². The van der Waals surface area contributed by atoms with Gasteiger partial charge in [-0.2, -0.15) is 5.10 Å². The third-order valence-corrected chi connectivity index (χ3v) is 7.98. The van der Waals surface area contributed by atoms with Gasteiger partial charge in [0.1, 0.15) is 18.1 Å². The van der Waals surface area contributed by atoms with E-state index in [1.165, 1.54) is 12.8 Å². The zero-order valence-electron chi connectivity index (χ0n) is 22.7. The molecule has 2 aromatic carbocycles. The summed E-state index contributed by atoms with van der Waals surface area (Å²) in [6, 6.07) is 11.9. The zero-order chi connectivity index (χ0) is 26.5. The van der Waals surface area contributed by atoms with Crippen molar-refractivity contribution in [3.8, 4) is 23.0 Å². The average molecular weight is 519 g/mol. The van der Waals surface area contributed by atoms with Gasteiger partial charge in [-0.15, -0.1) is 0 Å². The van der Waals surface area contributed by atoms with E-state index < -0.39 is 0 Å². The summed E-state index contributed by atoms with van der Waals surface area (Å²) in [5, 5.41) is 6.92. The van der Waals surface area contributed by atoms with Crippen molar-refractivity contribution in [3.63, 3.8) is 0 Å². The summed E-state index contributed by atoms with van der Waals surface area (Å²) in [7, 11) is 4.91. The number of carbonyl (C=O) groups is 1. The number of hydrogen-bond donors (Lipinski definition) is 0. The smallest absolute Gasteiger partial charge is 0.247 e. The molecule has 3 aliphatic rings. The third-order valence-electron chi connectivity index (χ3n) is 7.98. The van der Waals surface area contributed by atoms with E-state index in [1.54, 1.807) is 21.3 Å². The highest BCUT2D eigenvalue weighted by atomic mass is 16.5. The van der Waals surface area contributed by atoms with Crippen molar-refractivity contribution < 1.29 is 23.7 Å². The Morgan fingerprint density at radius 3 is 2.16 bits per heavy atom. The SMILES string of the molecule is COc1cc(COc2cc(C3=NN(C4CCCCCC4)C(=O)[C@@H]4CC=CC[C@H]34)ccc2OC)cc(OC)c1. The van der Waals surface area contributed by atoms with Crippen LogP contribution in [-0.4, -0.2) is 44.0 Å². The second-order valence-corrected chi connectivity index (χ2v) is 10.3. The molecule has 1 fully saturated rings. The van der Waals surface area contributed by atoms with Crippen molar-refractivity contribution >= 4 is 11.6 Å². The molecule has 1 saturated carbocycles. The van der Waals surface area contributed by atoms with Gasteiger partial charge in [-0.25, -0.2) is 5.01 Å². The molecule has 38 heavy (non-hydrogen) atoms. The molecule has 0 aromatic heterocycles. The first kappa shape index (κ1) is 26.1. The van der Waals surface area contributed by atoms with Crippen LogP contribution in [-0.2, 0) is 11.4 Å². The molecule has 0 saturated heterocycles. The zero-order valence-corrected chi connectivity index (χ0v) is 22.7. The Hall–Kier alpha value is -3.48. The van der Waals surface area contributed by atoms with Crippen molar-refractivity contribution in [2.75, 3.05) is 21.3 Å². The number of fused-ring (bicyclic) bond motifs is 1. The lowest BCUT2D eigenvalue weighted by Gasteiger charge is -2.40. The van der Waals surface area contributed by atoms with Crippen LogP contribution in [0.15, 0.2) is 53.7 Å². The minimum absolute atomic E-state index is 0.0635. The van der Waals surface area contributed by atoms with Crippen LogP contribution in [0.1, 0.15) is 62.5 Å². The summed E-state index contributed by atoms with van der Waals surface area (Å²) >= 11 is 0. The Kier molecular flexibility index (Phi) is 8.20. The van der Waals surface area contributed by atoms with Crippen LogP contribution in [0, 0.1) is 11.8 Å². The first-order chi connectivity index (χ1) is 18.6. The third kappa shape index (κ3) is 5.52. The lowest BCUT2D eigenvalue weighted by Crippen LogP contribution is -2.49. The van der Waals surface area contributed by atoms with Gasteiger partial charge in [-0.05, 0) is 61.6 Å². The van der Waals surface area contributed by atoms with E-state index in [4.69, 9.17) is 24.0 Å². The fraction of sp³-hybridized carbons (Fsp3) is 0.484. The van der Waals surface area contributed by atoms with Crippen molar-refractivity contribution in [2.24, 2.45) is 16.9 Å². The maximum Gasteiger partial charge on any atom is 0.247 e. The number of benzene rings is 2. The quantitative estimate of drug-likeness (QED) is 0.310. The average Bonchev–Trinajstić information content (AvgIpc) is 3.25. The Balaban J connectivity index is 1.46. The van der Waals surface area contributed by atoms with Gasteiger partial charge in [0.15, 0.2) is 11.5 Å². The number of allylic oxidation sites excluding steroid dienone is 2. The number of amides is 1. The second kappa shape index (κ2) is 11.9. The van der Waals surface area contributed by atoms with Gasteiger partial charge in [-0.3, -0.25) is 4.79 Å². The Morgan fingerprint density at radius 2 is 1.50 bits per heavy atom. The molecule has 1 heterocycles. The predicted molar refractivity (Wildman–Crippen MR) is 147 cm³/mol. The van der Waals surface area contributed by atoms with Crippen LogP contribution >= 0.6 is 0 Å². The molecule has 0 spiro atoms. The summed E-state index contributed by atoms with van der Waals surface area (Å²) in [4.78, 5) is 13.6. The van der Waals surface area contributed by atoms with Crippen molar-refractivity contribution in [2.45, 2.75) is 64.0 Å². The molecular formula is C31H38N2O5. The standard InChI is InChI=1S/C31H38N2O5/c1-35-24-16-21(17-25(19-24)36-2)20-38-29-18-22(14-15-28(29)37-3)30-26-12-8-9-13-27(26)31(34)33(32-30)23-10-6-4-5-7-11-23/h8-9,14-19,23,26-27H,4-7,10-13,20H2,1-3H3/t26-,27+/m0/s1. The van der Waals surface area contributed by atoms with Crippen LogP contribution in [0.25, 0.3) is 0 Å². The molecular weight excluding hydrogens is 480 g/mol. The van der Waals surface area contributed by atoms with E-state index in [9.17, 15) is 4.79 Å². The highest BCUT2D eigenvalue weighted by Crippen LogP contribution is 2.39. The minimum Gasteiger partial charge on any atom is -0.497 e. The van der Waals surface area contributed by atoms with E-state index in [1.807, 2.05) is 41.4 Å². The highest BCUT2D eigenvalue weighted by Gasteiger charge is 2.42. The van der Waals surface area contributed by atoms with Crippen molar-refractivity contribution in [3.05, 3.63) is 59.7 Å². The highest BCUT2D eigenvalue weighted by molar-refractivity contribution is 6.07. The molecule has 202 valence electrons. The molecule has 0 N–H and O–H groups in total. The Morgan fingerprint density at radius 1 is 0.816 bits per heavy atom. The lowest BCUT2D eigenvalue weighted by molar-refractivity contribution is -0.140. The predicted octanol–water partition coefficient (Wildman–Crippen LogP) is 6.14. The van der Waals surface area contributed by atoms with Gasteiger partial charge >= 0.3 is 0 Å². The van der Waals surface area contributed by atoms with Crippen LogP contribution in [0.3, 0.4) is 0 Å². The first-order valence-corrected chi connectivity index (χ1v) is 13.7. The van der Waals surface area contributed by atoms with E-state index in [2.05, 4.69) is 12.2 Å². The molecule has 2 atom stereocenters. The summed E-state index contributed by atoms with van der Waals surface area (Å²) in [6.07, 6.45) is 12.8. The van der Waals surface area contributed by atoms with Gasteiger partial charge < -0.3 is 18.9 Å². The van der Waals surface area contributed by atoms with Crippen molar-refractivity contribution in [1.29, 1.82) is 0 Å². The van der Waals surface area contributed by atoms with Gasteiger partial charge in [0.25, 0.3) is 0 Å². The topological polar surface area (TPSA) is 69.6 Å². The maximum atomic E-state index is 13.6. The molecule has 0 bridgehead atoms. The molecule has 5 rings (SSSR count). The molecule has 1 aliphatic heterocycles. The fourth-order valence-corrected chi connectivity index (χ4v) is 5.89. The first-order valence-electron chi connectivity index (χ1n) is 13.7. The van der Waals surface area contributed by atoms with Gasteiger partial charge in [0, 0.05) is 17.5 Å². The van der Waals surface area contributed by atoms with Gasteiger partial charge in [0.05, 0.1) is 39.0 Å². The molecule has 0 radical (unpaired) electrons. The lowest BCUT2D eigenvalue weighted by atomic mass is 9.76. The molecule has 7 heteroatoms. The fourth-order valence-electron chi connectivity index (χ4n) is 5.89. The number of rotatable bonds is 8. The normalized spacial score (nSPS) is 21.8. The monoisotopic (exact) mass is 518 g/mol. The number of nitrogens with zero attached hydrogens (tertiary/aromatic N) is 2. The van der Waals surface area contributed by atoms with E-state index in [-0.39, 0.29) is 23.8 Å². The van der Waals surface area contributed by atoms with E-state index in [0.29, 0.717) is 29.6 Å². The number of methoxy groups -OCH3 is 3. The summed E-state index contributed by atoms with van der Waals surface area (Å²) < 4.78 is 22.7. The molecule has 2 aromatic rings. The summed E-state index contributed by atoms with van der Waals surface area (Å²) in [6.45, 7) is 0.321. The van der Waals surface area contributed by atoms with Crippen LogP contribution in [0.4, 0.5) is 0 Å². The number of hydrogen-bond acceptors (Lipinski definition) is 6. The maximum absolute atomic E-state index is 13.6. The molecule has 2 aliphatic carbocycles. The second-order valence-electron chi connectivity index (χ2n) is 10.3. The minimum atomic E-state index is -0.0635.